The molecule has 45 heavy (non-hydrogen) atoms. The normalized spacial score (nSPS) is 11.6. The van der Waals surface area contributed by atoms with Crippen LogP contribution in [0.5, 0.6) is 0 Å². The largest absolute Gasteiger partial charge is 0.456 e. The molecule has 210 valence electrons. The molecule has 9 rings (SSSR count). The van der Waals surface area contributed by atoms with Gasteiger partial charge >= 0.3 is 0 Å². The van der Waals surface area contributed by atoms with Gasteiger partial charge in [0.25, 0.3) is 0 Å². The Morgan fingerprint density at radius 3 is 1.91 bits per heavy atom. The Balaban J connectivity index is 1.36. The lowest BCUT2D eigenvalue weighted by atomic mass is 9.91. The standard InChI is InChI=1S/C42H26N2O/c1-2-13-28(14-3-1)42-43-37(33-19-9-10-20-34(33)40-25-30-16-6-11-21-39(30)45-40)26-38(44-42)41-32-18-8-5-15-29(32)24-36-31-17-7-4-12-27(31)22-23-35(36)41/h1-26H. The highest BCUT2D eigenvalue weighted by Crippen LogP contribution is 2.41. The van der Waals surface area contributed by atoms with Crippen LogP contribution in [-0.4, -0.2) is 9.97 Å². The minimum Gasteiger partial charge on any atom is -0.456 e. The van der Waals surface area contributed by atoms with Crippen molar-refractivity contribution in [3.63, 3.8) is 0 Å². The third kappa shape index (κ3) is 4.29. The smallest absolute Gasteiger partial charge is 0.160 e. The molecule has 2 aromatic heterocycles. The monoisotopic (exact) mass is 574 g/mol. The minimum absolute atomic E-state index is 0.685. The number of hydrogen-bond donors (Lipinski definition) is 0. The van der Waals surface area contributed by atoms with E-state index in [1.165, 1.54) is 26.9 Å². The van der Waals surface area contributed by atoms with E-state index in [-0.39, 0.29) is 0 Å². The van der Waals surface area contributed by atoms with Gasteiger partial charge in [0.1, 0.15) is 11.3 Å². The van der Waals surface area contributed by atoms with Crippen LogP contribution >= 0.6 is 0 Å². The fourth-order valence-electron chi connectivity index (χ4n) is 6.56. The molecule has 0 spiro atoms. The summed E-state index contributed by atoms with van der Waals surface area (Å²) in [6.45, 7) is 0. The van der Waals surface area contributed by atoms with Crippen molar-refractivity contribution in [3.05, 3.63) is 158 Å². The zero-order valence-electron chi connectivity index (χ0n) is 24.3. The first kappa shape index (κ1) is 25.4. The number of aromatic nitrogens is 2. The highest BCUT2D eigenvalue weighted by molar-refractivity contribution is 6.19. The van der Waals surface area contributed by atoms with Crippen molar-refractivity contribution in [2.24, 2.45) is 0 Å². The molecule has 0 saturated carbocycles. The highest BCUT2D eigenvalue weighted by Gasteiger charge is 2.19. The van der Waals surface area contributed by atoms with Gasteiger partial charge in [0.2, 0.25) is 0 Å². The van der Waals surface area contributed by atoms with E-state index in [9.17, 15) is 0 Å². The first-order chi connectivity index (χ1) is 22.3. The van der Waals surface area contributed by atoms with Gasteiger partial charge in [0.05, 0.1) is 11.4 Å². The summed E-state index contributed by atoms with van der Waals surface area (Å²) in [6, 6.07) is 54.9. The summed E-state index contributed by atoms with van der Waals surface area (Å²) in [5.41, 5.74) is 6.66. The van der Waals surface area contributed by atoms with E-state index in [1.807, 2.05) is 36.4 Å². The lowest BCUT2D eigenvalue weighted by Gasteiger charge is -2.16. The number of furan rings is 1. The summed E-state index contributed by atoms with van der Waals surface area (Å²) >= 11 is 0. The SMILES string of the molecule is c1ccc(-c2nc(-c3ccccc3-c3cc4ccccc4o3)cc(-c3c4ccccc4cc4c3ccc3ccccc34)n2)cc1. The lowest BCUT2D eigenvalue weighted by molar-refractivity contribution is 0.632. The van der Waals surface area contributed by atoms with E-state index in [2.05, 4.69) is 121 Å². The van der Waals surface area contributed by atoms with Crippen LogP contribution in [0.4, 0.5) is 0 Å². The molecule has 0 atom stereocenters. The van der Waals surface area contributed by atoms with Crippen LogP contribution in [-0.2, 0) is 0 Å². The maximum Gasteiger partial charge on any atom is 0.160 e. The molecule has 0 radical (unpaired) electrons. The zero-order valence-corrected chi connectivity index (χ0v) is 24.3. The summed E-state index contributed by atoms with van der Waals surface area (Å²) in [4.78, 5) is 10.5. The molecule has 9 aromatic rings. The number of fused-ring (bicyclic) bond motifs is 5. The second kappa shape index (κ2) is 10.3. The van der Waals surface area contributed by atoms with Gasteiger partial charge in [-0.1, -0.05) is 133 Å². The topological polar surface area (TPSA) is 38.9 Å². The first-order valence-electron chi connectivity index (χ1n) is 15.2. The summed E-state index contributed by atoms with van der Waals surface area (Å²) in [5.74, 6) is 1.50. The molecule has 0 N–H and O–H groups in total. The van der Waals surface area contributed by atoms with Crippen LogP contribution in [0.25, 0.3) is 88.5 Å². The Bertz CT molecular complexity index is 2510. The van der Waals surface area contributed by atoms with Crippen LogP contribution in [0.15, 0.2) is 162 Å². The van der Waals surface area contributed by atoms with E-state index in [4.69, 9.17) is 14.4 Å². The van der Waals surface area contributed by atoms with E-state index in [1.54, 1.807) is 0 Å². The molecule has 0 saturated heterocycles. The molecule has 0 fully saturated rings. The van der Waals surface area contributed by atoms with Crippen molar-refractivity contribution in [1.82, 2.24) is 9.97 Å². The van der Waals surface area contributed by atoms with Crippen molar-refractivity contribution in [3.8, 4) is 45.2 Å². The number of hydrogen-bond acceptors (Lipinski definition) is 3. The van der Waals surface area contributed by atoms with Gasteiger partial charge in [-0.05, 0) is 56.6 Å². The maximum absolute atomic E-state index is 6.36. The molecule has 0 aliphatic rings. The Hall–Kier alpha value is -6.06. The first-order valence-corrected chi connectivity index (χ1v) is 15.2. The Labute approximate surface area is 260 Å². The lowest BCUT2D eigenvalue weighted by Crippen LogP contribution is -1.98. The number of benzene rings is 7. The van der Waals surface area contributed by atoms with Gasteiger partial charge in [-0.2, -0.15) is 0 Å². The van der Waals surface area contributed by atoms with Crippen LogP contribution < -0.4 is 0 Å². The average Bonchev–Trinajstić information content (AvgIpc) is 3.55. The van der Waals surface area contributed by atoms with E-state index < -0.39 is 0 Å². The second-order valence-corrected chi connectivity index (χ2v) is 11.4. The third-order valence-electron chi connectivity index (χ3n) is 8.68. The molecule has 7 aromatic carbocycles. The molecule has 0 aliphatic heterocycles. The Morgan fingerprint density at radius 2 is 1.07 bits per heavy atom. The van der Waals surface area contributed by atoms with Gasteiger partial charge in [-0.3, -0.25) is 0 Å². The molecule has 0 aliphatic carbocycles. The molecule has 0 unspecified atom stereocenters. The highest BCUT2D eigenvalue weighted by atomic mass is 16.3. The number of para-hydroxylation sites is 1. The van der Waals surface area contributed by atoms with Crippen LogP contribution in [0.3, 0.4) is 0 Å². The van der Waals surface area contributed by atoms with Crippen molar-refractivity contribution in [2.45, 2.75) is 0 Å². The molecular formula is C42H26N2O. The maximum atomic E-state index is 6.36. The average molecular weight is 575 g/mol. The predicted molar refractivity (Wildman–Crippen MR) is 186 cm³/mol. The van der Waals surface area contributed by atoms with Crippen LogP contribution in [0, 0.1) is 0 Å². The molecule has 0 amide bonds. The van der Waals surface area contributed by atoms with Gasteiger partial charge in [-0.15, -0.1) is 0 Å². The minimum atomic E-state index is 0.685. The Morgan fingerprint density at radius 1 is 0.400 bits per heavy atom. The summed E-state index contributed by atoms with van der Waals surface area (Å²) in [7, 11) is 0. The van der Waals surface area contributed by atoms with Crippen LogP contribution in [0.1, 0.15) is 0 Å². The summed E-state index contributed by atoms with van der Waals surface area (Å²) in [5, 5.41) is 8.25. The fraction of sp³-hybridized carbons (Fsp3) is 0. The van der Waals surface area contributed by atoms with E-state index >= 15 is 0 Å². The van der Waals surface area contributed by atoms with Gasteiger partial charge in [0, 0.05) is 27.6 Å². The second-order valence-electron chi connectivity index (χ2n) is 11.4. The summed E-state index contributed by atoms with van der Waals surface area (Å²) in [6.07, 6.45) is 0. The van der Waals surface area contributed by atoms with Crippen molar-refractivity contribution < 1.29 is 4.42 Å². The van der Waals surface area contributed by atoms with E-state index in [0.717, 1.165) is 55.8 Å². The molecular weight excluding hydrogens is 548 g/mol. The molecule has 3 nitrogen and oxygen atoms in total. The quantitative estimate of drug-likeness (QED) is 0.155. The number of nitrogens with zero attached hydrogens (tertiary/aromatic N) is 2. The Kier molecular flexibility index (Phi) is 5.82. The predicted octanol–water partition coefficient (Wildman–Crippen LogP) is 11.4. The zero-order chi connectivity index (χ0) is 29.7. The van der Waals surface area contributed by atoms with Crippen molar-refractivity contribution >= 4 is 43.3 Å². The van der Waals surface area contributed by atoms with Crippen LogP contribution in [0.2, 0.25) is 0 Å². The van der Waals surface area contributed by atoms with Gasteiger partial charge in [0.15, 0.2) is 5.82 Å². The number of rotatable bonds is 4. The van der Waals surface area contributed by atoms with Crippen molar-refractivity contribution in [2.75, 3.05) is 0 Å². The van der Waals surface area contributed by atoms with Gasteiger partial charge < -0.3 is 4.42 Å². The molecule has 3 heteroatoms. The summed E-state index contributed by atoms with van der Waals surface area (Å²) < 4.78 is 6.36. The fourth-order valence-corrected chi connectivity index (χ4v) is 6.56. The molecule has 2 heterocycles. The molecule has 0 bridgehead atoms. The van der Waals surface area contributed by atoms with Crippen molar-refractivity contribution in [1.29, 1.82) is 0 Å². The third-order valence-corrected chi connectivity index (χ3v) is 8.68. The van der Waals surface area contributed by atoms with Gasteiger partial charge in [-0.25, -0.2) is 9.97 Å². The van der Waals surface area contributed by atoms with E-state index in [0.29, 0.717) is 5.82 Å².